The van der Waals surface area contributed by atoms with Gasteiger partial charge in [-0.05, 0) is 38.1 Å². The molecule has 0 unspecified atom stereocenters. The number of H-pyrrole nitrogens is 1. The fraction of sp³-hybridized carbons (Fsp3) is 0.435. The first-order valence-corrected chi connectivity index (χ1v) is 12.3. The molecular weight excluding hydrogens is 465 g/mol. The smallest absolute Gasteiger partial charge is 0.280 e. The molecule has 1 aromatic carbocycles. The number of hydrogen-bond donors (Lipinski definition) is 3. The standard InChI is InChI=1S/C23H25ClFN5O2S/c1-30-7-6-17-20(11-30)33-23(29-17)22(32)28-16-5-3-2-4-15(16)27-21(31)19-9-12-8-13(24)14(25)10-18(12)26-19/h8-10,15-16,26H,2-7,11H2,1H3,(H,27,31)(H,28,32)/t15-,16-/m1/s1. The van der Waals surface area contributed by atoms with E-state index < -0.39 is 5.82 Å². The molecule has 5 rings (SSSR count). The zero-order valence-electron chi connectivity index (χ0n) is 18.2. The van der Waals surface area contributed by atoms with Gasteiger partial charge in [-0.1, -0.05) is 24.4 Å². The van der Waals surface area contributed by atoms with Crippen LogP contribution in [0.15, 0.2) is 18.2 Å². The molecule has 174 valence electrons. The van der Waals surface area contributed by atoms with Gasteiger partial charge in [-0.3, -0.25) is 9.59 Å². The minimum absolute atomic E-state index is 0.0130. The maximum absolute atomic E-state index is 13.7. The summed E-state index contributed by atoms with van der Waals surface area (Å²) in [5.74, 6) is -1.01. The predicted molar refractivity (Wildman–Crippen MR) is 126 cm³/mol. The van der Waals surface area contributed by atoms with Gasteiger partial charge in [-0.2, -0.15) is 0 Å². The van der Waals surface area contributed by atoms with Crippen molar-refractivity contribution in [3.8, 4) is 0 Å². The first kappa shape index (κ1) is 22.3. The first-order valence-electron chi connectivity index (χ1n) is 11.1. The van der Waals surface area contributed by atoms with Crippen molar-refractivity contribution in [3.05, 3.63) is 50.3 Å². The third-order valence-corrected chi connectivity index (χ3v) is 7.79. The quantitative estimate of drug-likeness (QED) is 0.519. The summed E-state index contributed by atoms with van der Waals surface area (Å²) in [5.41, 5.74) is 1.86. The number of benzene rings is 1. The van der Waals surface area contributed by atoms with E-state index in [1.165, 1.54) is 23.5 Å². The second kappa shape index (κ2) is 9.04. The number of fused-ring (bicyclic) bond motifs is 2. The van der Waals surface area contributed by atoms with Crippen LogP contribution in [-0.4, -0.2) is 52.4 Å². The van der Waals surface area contributed by atoms with E-state index in [-0.39, 0.29) is 28.9 Å². The number of nitrogens with zero attached hydrogens (tertiary/aromatic N) is 2. The third-order valence-electron chi connectivity index (χ3n) is 6.42. The van der Waals surface area contributed by atoms with Gasteiger partial charge in [0.15, 0.2) is 5.01 Å². The third kappa shape index (κ3) is 4.62. The second-order valence-corrected chi connectivity index (χ2v) is 10.3. The van der Waals surface area contributed by atoms with E-state index in [0.29, 0.717) is 21.6 Å². The minimum atomic E-state index is -0.538. The van der Waals surface area contributed by atoms with E-state index >= 15 is 0 Å². The van der Waals surface area contributed by atoms with Crippen molar-refractivity contribution >= 4 is 45.7 Å². The highest BCUT2D eigenvalue weighted by Crippen LogP contribution is 2.26. The number of amides is 2. The highest BCUT2D eigenvalue weighted by atomic mass is 35.5. The maximum atomic E-state index is 13.7. The van der Waals surface area contributed by atoms with E-state index in [1.54, 1.807) is 6.07 Å². The summed E-state index contributed by atoms with van der Waals surface area (Å²) in [5, 5.41) is 7.32. The number of carbonyl (C=O) groups is 2. The zero-order valence-corrected chi connectivity index (χ0v) is 19.8. The number of aromatic amines is 1. The molecule has 1 saturated carbocycles. The van der Waals surface area contributed by atoms with Crippen molar-refractivity contribution in [2.24, 2.45) is 0 Å². The van der Waals surface area contributed by atoms with Crippen molar-refractivity contribution in [1.29, 1.82) is 0 Å². The van der Waals surface area contributed by atoms with Gasteiger partial charge >= 0.3 is 0 Å². The molecule has 2 aromatic heterocycles. The molecule has 7 nitrogen and oxygen atoms in total. The van der Waals surface area contributed by atoms with Crippen LogP contribution in [0, 0.1) is 5.82 Å². The molecule has 0 saturated heterocycles. The molecule has 3 heterocycles. The van der Waals surface area contributed by atoms with Crippen molar-refractivity contribution in [3.63, 3.8) is 0 Å². The normalized spacial score (nSPS) is 21.1. The van der Waals surface area contributed by atoms with Crippen LogP contribution in [0.2, 0.25) is 5.02 Å². The molecule has 3 N–H and O–H groups in total. The van der Waals surface area contributed by atoms with Crippen molar-refractivity contribution in [1.82, 2.24) is 25.5 Å². The molecule has 10 heteroatoms. The van der Waals surface area contributed by atoms with Gasteiger partial charge in [0.25, 0.3) is 11.8 Å². The van der Waals surface area contributed by atoms with E-state index in [1.807, 2.05) is 0 Å². The lowest BCUT2D eigenvalue weighted by molar-refractivity contribution is 0.0860. The Balaban J connectivity index is 1.28. The Morgan fingerprint density at radius 2 is 1.91 bits per heavy atom. The molecule has 1 fully saturated rings. The van der Waals surface area contributed by atoms with Gasteiger partial charge in [0.1, 0.15) is 11.5 Å². The maximum Gasteiger partial charge on any atom is 0.280 e. The van der Waals surface area contributed by atoms with Gasteiger partial charge in [0, 0.05) is 47.4 Å². The number of aromatic nitrogens is 2. The summed E-state index contributed by atoms with van der Waals surface area (Å²) in [4.78, 5) is 36.8. The predicted octanol–water partition coefficient (Wildman–Crippen LogP) is 3.88. The lowest BCUT2D eigenvalue weighted by Crippen LogP contribution is -2.53. The average Bonchev–Trinajstić information content (AvgIpc) is 3.39. The SMILES string of the molecule is CN1CCc2nc(C(=O)N[C@@H]3CCCC[C@H]3NC(=O)c3cc4cc(Cl)c(F)cc4[nH]3)sc2C1. The van der Waals surface area contributed by atoms with Gasteiger partial charge in [0.05, 0.1) is 10.7 Å². The number of carbonyl (C=O) groups excluding carboxylic acids is 2. The highest BCUT2D eigenvalue weighted by molar-refractivity contribution is 7.13. The van der Waals surface area contributed by atoms with Crippen LogP contribution in [0.3, 0.4) is 0 Å². The summed E-state index contributed by atoms with van der Waals surface area (Å²) in [6.45, 7) is 1.77. The van der Waals surface area contributed by atoms with E-state index in [0.717, 1.165) is 55.8 Å². The lowest BCUT2D eigenvalue weighted by atomic mass is 9.90. The van der Waals surface area contributed by atoms with Crippen LogP contribution in [0.25, 0.3) is 10.9 Å². The Morgan fingerprint density at radius 3 is 2.67 bits per heavy atom. The van der Waals surface area contributed by atoms with Crippen molar-refractivity contribution < 1.29 is 14.0 Å². The average molecular weight is 490 g/mol. The fourth-order valence-corrected chi connectivity index (χ4v) is 5.89. The van der Waals surface area contributed by atoms with Crippen LogP contribution in [0.5, 0.6) is 0 Å². The molecule has 0 spiro atoms. The van der Waals surface area contributed by atoms with Crippen LogP contribution in [0.1, 0.15) is 56.5 Å². The zero-order chi connectivity index (χ0) is 23.1. The lowest BCUT2D eigenvalue weighted by Gasteiger charge is -2.32. The van der Waals surface area contributed by atoms with E-state index in [4.69, 9.17) is 11.6 Å². The Bertz CT molecular complexity index is 1190. The minimum Gasteiger partial charge on any atom is -0.350 e. The highest BCUT2D eigenvalue weighted by Gasteiger charge is 2.30. The number of nitrogens with one attached hydrogen (secondary N) is 3. The van der Waals surface area contributed by atoms with Crippen LogP contribution >= 0.6 is 22.9 Å². The number of halogens is 2. The summed E-state index contributed by atoms with van der Waals surface area (Å²) < 4.78 is 13.7. The van der Waals surface area contributed by atoms with Gasteiger partial charge in [-0.25, -0.2) is 9.37 Å². The molecule has 33 heavy (non-hydrogen) atoms. The Labute approximate surface area is 199 Å². The molecule has 2 atom stereocenters. The van der Waals surface area contributed by atoms with E-state index in [2.05, 4.69) is 32.5 Å². The molecule has 0 radical (unpaired) electrons. The Kier molecular flexibility index (Phi) is 6.11. The summed E-state index contributed by atoms with van der Waals surface area (Å²) in [7, 11) is 2.07. The van der Waals surface area contributed by atoms with Crippen LogP contribution in [-0.2, 0) is 13.0 Å². The monoisotopic (exact) mass is 489 g/mol. The van der Waals surface area contributed by atoms with Crippen LogP contribution in [0.4, 0.5) is 4.39 Å². The van der Waals surface area contributed by atoms with Gasteiger partial charge in [0.2, 0.25) is 0 Å². The molecule has 3 aromatic rings. The van der Waals surface area contributed by atoms with Crippen LogP contribution < -0.4 is 10.6 Å². The summed E-state index contributed by atoms with van der Waals surface area (Å²) in [6, 6.07) is 4.07. The molecule has 1 aliphatic carbocycles. The summed E-state index contributed by atoms with van der Waals surface area (Å²) in [6.07, 6.45) is 4.38. The molecule has 0 bridgehead atoms. The molecular formula is C23H25ClFN5O2S. The molecule has 2 amide bonds. The largest absolute Gasteiger partial charge is 0.350 e. The van der Waals surface area contributed by atoms with Gasteiger partial charge in [-0.15, -0.1) is 11.3 Å². The number of rotatable bonds is 4. The van der Waals surface area contributed by atoms with Crippen molar-refractivity contribution in [2.45, 2.75) is 50.7 Å². The number of likely N-dealkylation sites (N-methyl/N-ethyl adjacent to an activating group) is 1. The topological polar surface area (TPSA) is 90.1 Å². The summed E-state index contributed by atoms with van der Waals surface area (Å²) >= 11 is 7.31. The number of thiazole rings is 1. The Hall–Kier alpha value is -2.49. The Morgan fingerprint density at radius 1 is 1.18 bits per heavy atom. The second-order valence-electron chi connectivity index (χ2n) is 8.86. The van der Waals surface area contributed by atoms with E-state index in [9.17, 15) is 14.0 Å². The number of hydrogen-bond acceptors (Lipinski definition) is 5. The first-order chi connectivity index (χ1) is 15.9. The van der Waals surface area contributed by atoms with Gasteiger partial charge < -0.3 is 20.5 Å². The molecule has 1 aliphatic heterocycles. The molecule has 2 aliphatic rings. The fourth-order valence-electron chi connectivity index (χ4n) is 4.62. The van der Waals surface area contributed by atoms with Crippen molar-refractivity contribution in [2.75, 3.05) is 13.6 Å².